The van der Waals surface area contributed by atoms with Gasteiger partial charge in [-0.15, -0.1) is 0 Å². The number of rotatable bonds is 8. The first kappa shape index (κ1) is 20.9. The Kier molecular flexibility index (Phi) is 7.14. The summed E-state index contributed by atoms with van der Waals surface area (Å²) in [5.41, 5.74) is 0.108. The molecule has 0 saturated carbocycles. The average Bonchev–Trinajstić information content (AvgIpc) is 2.69. The van der Waals surface area contributed by atoms with Crippen molar-refractivity contribution >= 4 is 17.6 Å². The molecule has 0 aliphatic carbocycles. The molecule has 9 heteroatoms. The third-order valence-electron chi connectivity index (χ3n) is 3.82. The molecule has 1 N–H and O–H groups in total. The first-order valence-electron chi connectivity index (χ1n) is 8.71. The van der Waals surface area contributed by atoms with E-state index in [1.54, 1.807) is 18.2 Å². The molecule has 1 aromatic carbocycles. The Labute approximate surface area is 162 Å². The fourth-order valence-corrected chi connectivity index (χ4v) is 2.36. The van der Waals surface area contributed by atoms with E-state index >= 15 is 0 Å². The molecule has 1 amide bonds. The second-order valence-corrected chi connectivity index (χ2v) is 5.89. The maximum atomic E-state index is 12.3. The van der Waals surface area contributed by atoms with Gasteiger partial charge >= 0.3 is 5.97 Å². The van der Waals surface area contributed by atoms with Crippen molar-refractivity contribution in [2.75, 3.05) is 19.5 Å². The largest absolute Gasteiger partial charge is 0.493 e. The van der Waals surface area contributed by atoms with Crippen LogP contribution in [0.5, 0.6) is 11.5 Å². The molecule has 0 fully saturated rings. The molecular weight excluding hydrogens is 366 g/mol. The van der Waals surface area contributed by atoms with Crippen LogP contribution in [0.4, 0.5) is 5.69 Å². The second kappa shape index (κ2) is 9.54. The zero-order chi connectivity index (χ0) is 20.7. The van der Waals surface area contributed by atoms with Crippen molar-refractivity contribution in [2.24, 2.45) is 0 Å². The Morgan fingerprint density at radius 1 is 1.14 bits per heavy atom. The van der Waals surface area contributed by atoms with Gasteiger partial charge in [0.2, 0.25) is 0 Å². The molecule has 0 radical (unpaired) electrons. The molecule has 0 aliphatic rings. The highest BCUT2D eigenvalue weighted by molar-refractivity contribution is 5.97. The van der Waals surface area contributed by atoms with Gasteiger partial charge in [0.15, 0.2) is 23.3 Å². The molecule has 0 bridgehead atoms. The minimum atomic E-state index is -1.08. The van der Waals surface area contributed by atoms with Crippen LogP contribution in [0.15, 0.2) is 35.1 Å². The number of carbonyl (C=O) groups excluding carboxylic acids is 2. The van der Waals surface area contributed by atoms with Crippen molar-refractivity contribution in [1.29, 1.82) is 0 Å². The van der Waals surface area contributed by atoms with Crippen LogP contribution in [0, 0.1) is 0 Å². The van der Waals surface area contributed by atoms with E-state index in [1.807, 2.05) is 6.92 Å². The Morgan fingerprint density at radius 3 is 2.50 bits per heavy atom. The number of methoxy groups -OCH3 is 2. The first-order valence-corrected chi connectivity index (χ1v) is 8.71. The fourth-order valence-electron chi connectivity index (χ4n) is 2.36. The van der Waals surface area contributed by atoms with E-state index in [-0.39, 0.29) is 11.3 Å². The summed E-state index contributed by atoms with van der Waals surface area (Å²) in [7, 11) is 2.99. The summed E-state index contributed by atoms with van der Waals surface area (Å²) < 4.78 is 16.7. The Morgan fingerprint density at radius 2 is 1.86 bits per heavy atom. The monoisotopic (exact) mass is 389 g/mol. The summed E-state index contributed by atoms with van der Waals surface area (Å²) >= 11 is 0. The van der Waals surface area contributed by atoms with Crippen LogP contribution in [0.3, 0.4) is 0 Å². The predicted molar refractivity (Wildman–Crippen MR) is 102 cm³/mol. The number of amides is 1. The Balaban J connectivity index is 2.05. The van der Waals surface area contributed by atoms with Gasteiger partial charge in [0.1, 0.15) is 0 Å². The highest BCUT2D eigenvalue weighted by atomic mass is 16.5. The maximum Gasteiger partial charge on any atom is 0.359 e. The van der Waals surface area contributed by atoms with Crippen LogP contribution < -0.4 is 20.3 Å². The smallest absolute Gasteiger partial charge is 0.359 e. The molecular formula is C19H23N3O6. The first-order chi connectivity index (χ1) is 13.4. The SMILES string of the molecule is CCCn1nc(C(=O)OC(C)C(=O)Nc2ccc(OC)c(OC)c2)ccc1=O. The number of nitrogens with one attached hydrogen (secondary N) is 1. The number of ether oxygens (including phenoxy) is 3. The van der Waals surface area contributed by atoms with Crippen molar-refractivity contribution in [1.82, 2.24) is 9.78 Å². The average molecular weight is 389 g/mol. The highest BCUT2D eigenvalue weighted by Gasteiger charge is 2.21. The number of aryl methyl sites for hydroxylation is 1. The van der Waals surface area contributed by atoms with Gasteiger partial charge in [-0.25, -0.2) is 9.48 Å². The highest BCUT2D eigenvalue weighted by Crippen LogP contribution is 2.29. The van der Waals surface area contributed by atoms with Gasteiger partial charge in [-0.3, -0.25) is 9.59 Å². The van der Waals surface area contributed by atoms with Crippen LogP contribution in [0.2, 0.25) is 0 Å². The zero-order valence-corrected chi connectivity index (χ0v) is 16.2. The van der Waals surface area contributed by atoms with Crippen molar-refractivity contribution in [3.05, 3.63) is 46.4 Å². The summed E-state index contributed by atoms with van der Waals surface area (Å²) in [6.45, 7) is 3.71. The van der Waals surface area contributed by atoms with Crippen LogP contribution in [0.1, 0.15) is 30.8 Å². The van der Waals surface area contributed by atoms with Gasteiger partial charge in [0.25, 0.3) is 11.5 Å². The predicted octanol–water partition coefficient (Wildman–Crippen LogP) is 1.85. The molecule has 150 valence electrons. The minimum Gasteiger partial charge on any atom is -0.493 e. The van der Waals surface area contributed by atoms with E-state index in [1.165, 1.54) is 38.0 Å². The molecule has 9 nitrogen and oxygen atoms in total. The summed E-state index contributed by atoms with van der Waals surface area (Å²) in [4.78, 5) is 36.2. The number of esters is 1. The second-order valence-electron chi connectivity index (χ2n) is 5.89. The van der Waals surface area contributed by atoms with E-state index in [9.17, 15) is 14.4 Å². The molecule has 2 aromatic rings. The normalized spacial score (nSPS) is 11.4. The lowest BCUT2D eigenvalue weighted by Crippen LogP contribution is -2.31. The lowest BCUT2D eigenvalue weighted by atomic mass is 10.2. The van der Waals surface area contributed by atoms with Gasteiger partial charge in [-0.05, 0) is 31.5 Å². The van der Waals surface area contributed by atoms with Crippen molar-refractivity contribution in [3.63, 3.8) is 0 Å². The number of aromatic nitrogens is 2. The topological polar surface area (TPSA) is 109 Å². The van der Waals surface area contributed by atoms with E-state index in [0.717, 1.165) is 0 Å². The molecule has 0 aliphatic heterocycles. The third kappa shape index (κ3) is 5.09. The molecule has 2 rings (SSSR count). The van der Waals surface area contributed by atoms with Crippen LogP contribution in [0.25, 0.3) is 0 Å². The van der Waals surface area contributed by atoms with E-state index in [4.69, 9.17) is 14.2 Å². The maximum absolute atomic E-state index is 12.3. The number of nitrogens with zero attached hydrogens (tertiary/aromatic N) is 2. The van der Waals surface area contributed by atoms with Crippen molar-refractivity contribution < 1.29 is 23.8 Å². The van der Waals surface area contributed by atoms with Gasteiger partial charge < -0.3 is 19.5 Å². The summed E-state index contributed by atoms with van der Waals surface area (Å²) in [6, 6.07) is 7.39. The standard InChI is InChI=1S/C19H23N3O6/c1-5-10-22-17(23)9-7-14(21-22)19(25)28-12(2)18(24)20-13-6-8-15(26-3)16(11-13)27-4/h6-9,11-12H,5,10H2,1-4H3,(H,20,24). The van der Waals surface area contributed by atoms with Crippen molar-refractivity contribution in [2.45, 2.75) is 32.9 Å². The van der Waals surface area contributed by atoms with Gasteiger partial charge in [0, 0.05) is 24.4 Å². The van der Waals surface area contributed by atoms with Crippen LogP contribution in [-0.2, 0) is 16.1 Å². The van der Waals surface area contributed by atoms with E-state index in [2.05, 4.69) is 10.4 Å². The molecule has 1 aromatic heterocycles. The number of carbonyl (C=O) groups is 2. The molecule has 1 atom stereocenters. The molecule has 0 saturated heterocycles. The Bertz CT molecular complexity index is 909. The quantitative estimate of drug-likeness (QED) is 0.686. The number of hydrogen-bond donors (Lipinski definition) is 1. The zero-order valence-electron chi connectivity index (χ0n) is 16.2. The molecule has 1 heterocycles. The summed E-state index contributed by atoms with van der Waals surface area (Å²) in [5, 5.41) is 6.61. The van der Waals surface area contributed by atoms with Gasteiger partial charge in [0.05, 0.1) is 14.2 Å². The van der Waals surface area contributed by atoms with Gasteiger partial charge in [-0.2, -0.15) is 5.10 Å². The van der Waals surface area contributed by atoms with Crippen molar-refractivity contribution in [3.8, 4) is 11.5 Å². The van der Waals surface area contributed by atoms with Gasteiger partial charge in [-0.1, -0.05) is 6.92 Å². The lowest BCUT2D eigenvalue weighted by Gasteiger charge is -2.15. The minimum absolute atomic E-state index is 0.0428. The molecule has 0 spiro atoms. The van der Waals surface area contributed by atoms with Crippen LogP contribution >= 0.6 is 0 Å². The summed E-state index contributed by atoms with van der Waals surface area (Å²) in [5.74, 6) is -0.345. The fraction of sp³-hybridized carbons (Fsp3) is 0.368. The third-order valence-corrected chi connectivity index (χ3v) is 3.82. The van der Waals surface area contributed by atoms with E-state index < -0.39 is 18.0 Å². The molecule has 28 heavy (non-hydrogen) atoms. The van der Waals surface area contributed by atoms with Crippen LogP contribution in [-0.4, -0.2) is 42.0 Å². The number of hydrogen-bond acceptors (Lipinski definition) is 7. The Hall–Kier alpha value is -3.36. The lowest BCUT2D eigenvalue weighted by molar-refractivity contribution is -0.123. The van der Waals surface area contributed by atoms with E-state index in [0.29, 0.717) is 30.2 Å². The summed E-state index contributed by atoms with van der Waals surface area (Å²) in [6.07, 6.45) is -0.385. The number of anilines is 1. The number of benzene rings is 1. The molecule has 1 unspecified atom stereocenters.